The number of hydrogen-bond donors (Lipinski definition) is 0. The van der Waals surface area contributed by atoms with E-state index in [0.29, 0.717) is 14.9 Å². The lowest BCUT2D eigenvalue weighted by molar-refractivity contribution is -0.150. The van der Waals surface area contributed by atoms with E-state index in [1.54, 1.807) is 23.1 Å². The van der Waals surface area contributed by atoms with E-state index < -0.39 is 5.97 Å². The van der Waals surface area contributed by atoms with Crippen LogP contribution in [0.25, 0.3) is 0 Å². The summed E-state index contributed by atoms with van der Waals surface area (Å²) in [7, 11) is 0. The highest BCUT2D eigenvalue weighted by Gasteiger charge is 2.18. The first kappa shape index (κ1) is 17.4. The van der Waals surface area contributed by atoms with Gasteiger partial charge in [0.05, 0.1) is 10.8 Å². The smallest absolute Gasteiger partial charge is 0.316 e. The molecule has 0 N–H and O–H groups in total. The van der Waals surface area contributed by atoms with E-state index in [1.165, 1.54) is 11.8 Å². The van der Waals surface area contributed by atoms with Gasteiger partial charge in [0, 0.05) is 23.0 Å². The average molecular weight is 362 g/mol. The summed E-state index contributed by atoms with van der Waals surface area (Å²) in [5.74, 6) is -0.474. The van der Waals surface area contributed by atoms with Gasteiger partial charge in [0.1, 0.15) is 0 Å². The Morgan fingerprint density at radius 2 is 1.91 bits per heavy atom. The van der Waals surface area contributed by atoms with Crippen LogP contribution in [0.15, 0.2) is 23.1 Å². The highest BCUT2D eigenvalue weighted by Crippen LogP contribution is 2.29. The molecule has 1 aliphatic heterocycles. The van der Waals surface area contributed by atoms with Gasteiger partial charge in [-0.05, 0) is 37.5 Å². The lowest BCUT2D eigenvalue weighted by Crippen LogP contribution is -2.38. The molecule has 0 bridgehead atoms. The van der Waals surface area contributed by atoms with Gasteiger partial charge in [-0.15, -0.1) is 11.8 Å². The number of carbonyl (C=O) groups is 2. The van der Waals surface area contributed by atoms with Gasteiger partial charge in [0.25, 0.3) is 5.91 Å². The number of likely N-dealkylation sites (tertiary alicyclic amines) is 1. The molecule has 120 valence electrons. The molecule has 1 amide bonds. The molecule has 0 spiro atoms. The number of benzene rings is 1. The zero-order valence-electron chi connectivity index (χ0n) is 12.0. The van der Waals surface area contributed by atoms with Gasteiger partial charge < -0.3 is 9.64 Å². The number of piperidine rings is 1. The maximum Gasteiger partial charge on any atom is 0.316 e. The molecule has 0 aromatic heterocycles. The Morgan fingerprint density at radius 1 is 1.18 bits per heavy atom. The average Bonchev–Trinajstić information content (AvgIpc) is 2.54. The largest absolute Gasteiger partial charge is 0.455 e. The van der Waals surface area contributed by atoms with Crippen molar-refractivity contribution >= 4 is 46.8 Å². The zero-order valence-corrected chi connectivity index (χ0v) is 14.3. The quantitative estimate of drug-likeness (QED) is 0.593. The fraction of sp³-hybridized carbons (Fsp3) is 0.467. The fourth-order valence-corrected chi connectivity index (χ4v) is 3.43. The molecule has 0 saturated carbocycles. The van der Waals surface area contributed by atoms with E-state index in [4.69, 9.17) is 27.9 Å². The molecule has 1 saturated heterocycles. The second-order valence-electron chi connectivity index (χ2n) is 4.97. The van der Waals surface area contributed by atoms with Gasteiger partial charge in [-0.3, -0.25) is 9.59 Å². The SMILES string of the molecule is O=C(CSc1cc(Cl)ccc1Cl)OCC(=O)N1CCCCC1. The second-order valence-corrected chi connectivity index (χ2v) is 6.83. The molecule has 1 aromatic carbocycles. The van der Waals surface area contributed by atoms with Crippen LogP contribution in [-0.2, 0) is 14.3 Å². The number of amides is 1. The van der Waals surface area contributed by atoms with Crippen molar-refractivity contribution in [2.24, 2.45) is 0 Å². The third-order valence-electron chi connectivity index (χ3n) is 3.30. The summed E-state index contributed by atoms with van der Waals surface area (Å²) in [6.45, 7) is 1.31. The molecule has 1 aliphatic rings. The van der Waals surface area contributed by atoms with Crippen molar-refractivity contribution in [1.29, 1.82) is 0 Å². The molecule has 7 heteroatoms. The maximum absolute atomic E-state index is 11.9. The van der Waals surface area contributed by atoms with Gasteiger partial charge in [-0.1, -0.05) is 23.2 Å². The molecule has 1 aromatic rings. The first-order valence-corrected chi connectivity index (χ1v) is 8.81. The minimum Gasteiger partial charge on any atom is -0.455 e. The predicted octanol–water partition coefficient (Wildman–Crippen LogP) is 3.64. The summed E-state index contributed by atoms with van der Waals surface area (Å²) < 4.78 is 5.02. The summed E-state index contributed by atoms with van der Waals surface area (Å²) in [6.07, 6.45) is 3.19. The zero-order chi connectivity index (χ0) is 15.9. The van der Waals surface area contributed by atoms with E-state index in [-0.39, 0.29) is 18.3 Å². The number of rotatable bonds is 5. The second kappa shape index (κ2) is 8.65. The van der Waals surface area contributed by atoms with Crippen LogP contribution in [0, 0.1) is 0 Å². The standard InChI is InChI=1S/C15H17Cl2NO3S/c16-11-4-5-12(17)13(8-11)22-10-15(20)21-9-14(19)18-6-2-1-3-7-18/h4-5,8H,1-3,6-7,9-10H2. The lowest BCUT2D eigenvalue weighted by atomic mass is 10.1. The Labute approximate surface area is 144 Å². The number of esters is 1. The van der Waals surface area contributed by atoms with Crippen molar-refractivity contribution in [3.05, 3.63) is 28.2 Å². The van der Waals surface area contributed by atoms with Gasteiger partial charge in [-0.2, -0.15) is 0 Å². The minimum absolute atomic E-state index is 0.0906. The van der Waals surface area contributed by atoms with E-state index in [2.05, 4.69) is 0 Å². The monoisotopic (exact) mass is 361 g/mol. The van der Waals surface area contributed by atoms with Gasteiger partial charge in [0.2, 0.25) is 0 Å². The van der Waals surface area contributed by atoms with Crippen LogP contribution in [0.3, 0.4) is 0 Å². The highest BCUT2D eigenvalue weighted by atomic mass is 35.5. The molecule has 2 rings (SSSR count). The predicted molar refractivity (Wildman–Crippen MR) is 88.6 cm³/mol. The summed E-state index contributed by atoms with van der Waals surface area (Å²) in [5, 5.41) is 1.09. The Hall–Kier alpha value is -0.910. The van der Waals surface area contributed by atoms with Gasteiger partial charge in [-0.25, -0.2) is 0 Å². The molecule has 1 heterocycles. The van der Waals surface area contributed by atoms with Crippen molar-refractivity contribution < 1.29 is 14.3 Å². The van der Waals surface area contributed by atoms with E-state index in [1.807, 2.05) is 0 Å². The van der Waals surface area contributed by atoms with Crippen molar-refractivity contribution in [1.82, 2.24) is 4.90 Å². The summed E-state index contributed by atoms with van der Waals surface area (Å²) in [5.41, 5.74) is 0. The molecule has 22 heavy (non-hydrogen) atoms. The molecular formula is C15H17Cl2NO3S. The Balaban J connectivity index is 1.73. The lowest BCUT2D eigenvalue weighted by Gasteiger charge is -2.26. The molecule has 0 unspecified atom stereocenters. The number of halogens is 2. The van der Waals surface area contributed by atoms with Crippen LogP contribution in [-0.4, -0.2) is 42.2 Å². The summed E-state index contributed by atoms with van der Waals surface area (Å²) >= 11 is 13.1. The fourth-order valence-electron chi connectivity index (χ4n) is 2.14. The third-order valence-corrected chi connectivity index (χ3v) is 5.01. The number of thioether (sulfide) groups is 1. The normalized spacial score (nSPS) is 14.7. The van der Waals surface area contributed by atoms with Crippen molar-refractivity contribution in [3.8, 4) is 0 Å². The van der Waals surface area contributed by atoms with Crippen LogP contribution in [0.4, 0.5) is 0 Å². The first-order chi connectivity index (χ1) is 10.6. The highest BCUT2D eigenvalue weighted by molar-refractivity contribution is 8.00. The number of carbonyl (C=O) groups excluding carboxylic acids is 2. The Morgan fingerprint density at radius 3 is 2.64 bits per heavy atom. The van der Waals surface area contributed by atoms with Crippen LogP contribution >= 0.6 is 35.0 Å². The molecule has 4 nitrogen and oxygen atoms in total. The Kier molecular flexibility index (Phi) is 6.86. The number of nitrogens with zero attached hydrogens (tertiary/aromatic N) is 1. The molecule has 1 fully saturated rings. The minimum atomic E-state index is -0.439. The van der Waals surface area contributed by atoms with Crippen molar-refractivity contribution in [2.45, 2.75) is 24.2 Å². The van der Waals surface area contributed by atoms with Crippen LogP contribution in [0.1, 0.15) is 19.3 Å². The third kappa shape index (κ3) is 5.38. The molecule has 0 radical (unpaired) electrons. The number of hydrogen-bond acceptors (Lipinski definition) is 4. The maximum atomic E-state index is 11.9. The summed E-state index contributed by atoms with van der Waals surface area (Å²) in [6, 6.07) is 5.06. The van der Waals surface area contributed by atoms with Crippen molar-refractivity contribution in [3.63, 3.8) is 0 Å². The van der Waals surface area contributed by atoms with E-state index in [9.17, 15) is 9.59 Å². The van der Waals surface area contributed by atoms with Gasteiger partial charge >= 0.3 is 5.97 Å². The van der Waals surface area contributed by atoms with Gasteiger partial charge in [0.15, 0.2) is 6.61 Å². The van der Waals surface area contributed by atoms with Crippen LogP contribution in [0.5, 0.6) is 0 Å². The molecule has 0 atom stereocenters. The molecule has 0 aliphatic carbocycles. The summed E-state index contributed by atoms with van der Waals surface area (Å²) in [4.78, 5) is 26.1. The van der Waals surface area contributed by atoms with Crippen LogP contribution in [0.2, 0.25) is 10.0 Å². The number of ether oxygens (including phenoxy) is 1. The first-order valence-electron chi connectivity index (χ1n) is 7.07. The molecular weight excluding hydrogens is 345 g/mol. The Bertz CT molecular complexity index is 548. The topological polar surface area (TPSA) is 46.6 Å². The van der Waals surface area contributed by atoms with Crippen LogP contribution < -0.4 is 0 Å². The van der Waals surface area contributed by atoms with E-state index >= 15 is 0 Å². The van der Waals surface area contributed by atoms with Crippen molar-refractivity contribution in [2.75, 3.05) is 25.4 Å². The van der Waals surface area contributed by atoms with E-state index in [0.717, 1.165) is 32.4 Å².